The summed E-state index contributed by atoms with van der Waals surface area (Å²) in [7, 11) is -6.79. The minimum absolute atomic E-state index is 0.0546. The van der Waals surface area contributed by atoms with Crippen molar-refractivity contribution in [3.05, 3.63) is 161 Å². The molecular formula is C32H27NO4P2. The number of nitrogens with zero attached hydrogens (tertiary/aromatic N) is 1. The van der Waals surface area contributed by atoms with Crippen LogP contribution in [0.15, 0.2) is 146 Å². The summed E-state index contributed by atoms with van der Waals surface area (Å²) in [6.07, 6.45) is 0.0832. The highest BCUT2D eigenvalue weighted by Crippen LogP contribution is 2.63. The number of hydrogen-bond acceptors (Lipinski definition) is 4. The molecule has 0 saturated carbocycles. The van der Waals surface area contributed by atoms with Crippen molar-refractivity contribution in [2.75, 3.05) is 6.16 Å². The molecule has 0 bridgehead atoms. The van der Waals surface area contributed by atoms with Crippen LogP contribution in [-0.4, -0.2) is 11.1 Å². The maximum absolute atomic E-state index is 15.6. The van der Waals surface area contributed by atoms with Crippen molar-refractivity contribution in [1.82, 2.24) is 0 Å². The Labute approximate surface area is 228 Å². The summed E-state index contributed by atoms with van der Waals surface area (Å²) in [5.74, 6) is 0. The predicted octanol–water partition coefficient (Wildman–Crippen LogP) is 6.66. The van der Waals surface area contributed by atoms with Crippen LogP contribution in [-0.2, 0) is 9.13 Å². The Kier molecular flexibility index (Phi) is 7.74. The molecule has 0 aromatic heterocycles. The standard InChI is InChI=1S/C32H27NO4P2/c34-33(35)27-23-21-26(22-24-27)32(39(37,30-17-9-3-10-18-30)31-19-11-4-12-20-31)25-38(36,28-13-5-1-6-14-28)29-15-7-2-8-16-29/h1-24,32H,25H2. The summed E-state index contributed by atoms with van der Waals surface area (Å²) in [5, 5.41) is 14.1. The second-order valence-electron chi connectivity index (χ2n) is 9.29. The third kappa shape index (κ3) is 5.29. The van der Waals surface area contributed by atoms with Crippen LogP contribution >= 0.6 is 14.3 Å². The Morgan fingerprint density at radius 1 is 0.538 bits per heavy atom. The van der Waals surface area contributed by atoms with E-state index in [-0.39, 0.29) is 11.8 Å². The largest absolute Gasteiger partial charge is 0.314 e. The molecule has 5 rings (SSSR count). The number of nitro benzene ring substituents is 1. The predicted molar refractivity (Wildman–Crippen MR) is 160 cm³/mol. The van der Waals surface area contributed by atoms with Crippen LogP contribution in [0.5, 0.6) is 0 Å². The summed E-state index contributed by atoms with van der Waals surface area (Å²) in [6.45, 7) is 0. The number of nitro groups is 1. The average molecular weight is 552 g/mol. The van der Waals surface area contributed by atoms with Crippen LogP contribution in [0.3, 0.4) is 0 Å². The first-order valence-electron chi connectivity index (χ1n) is 12.6. The molecule has 5 nitrogen and oxygen atoms in total. The van der Waals surface area contributed by atoms with Gasteiger partial charge in [0.15, 0.2) is 7.14 Å². The van der Waals surface area contributed by atoms with E-state index < -0.39 is 24.9 Å². The Morgan fingerprint density at radius 2 is 0.897 bits per heavy atom. The highest BCUT2D eigenvalue weighted by molar-refractivity contribution is 7.82. The number of benzene rings is 5. The van der Waals surface area contributed by atoms with E-state index >= 15 is 9.13 Å². The van der Waals surface area contributed by atoms with E-state index in [0.717, 1.165) is 0 Å². The highest BCUT2D eigenvalue weighted by atomic mass is 31.2. The van der Waals surface area contributed by atoms with E-state index in [1.54, 1.807) is 12.1 Å². The maximum Gasteiger partial charge on any atom is 0.269 e. The molecule has 5 aromatic carbocycles. The van der Waals surface area contributed by atoms with Crippen molar-refractivity contribution in [2.45, 2.75) is 5.66 Å². The molecule has 0 aliphatic rings. The molecule has 0 aliphatic heterocycles. The zero-order chi connectivity index (χ0) is 27.3. The molecule has 7 heteroatoms. The first-order chi connectivity index (χ1) is 18.9. The lowest BCUT2D eigenvalue weighted by molar-refractivity contribution is -0.384. The topological polar surface area (TPSA) is 77.3 Å². The fourth-order valence-electron chi connectivity index (χ4n) is 5.00. The molecule has 0 aliphatic carbocycles. The van der Waals surface area contributed by atoms with E-state index in [9.17, 15) is 10.1 Å². The third-order valence-corrected chi connectivity index (χ3v) is 13.9. The van der Waals surface area contributed by atoms with E-state index in [4.69, 9.17) is 0 Å². The van der Waals surface area contributed by atoms with Crippen LogP contribution in [0.1, 0.15) is 11.2 Å². The van der Waals surface area contributed by atoms with E-state index in [2.05, 4.69) is 0 Å². The fourth-order valence-corrected chi connectivity index (χ4v) is 12.2. The van der Waals surface area contributed by atoms with Gasteiger partial charge in [-0.05, 0) is 5.56 Å². The molecule has 0 heterocycles. The summed E-state index contributed by atoms with van der Waals surface area (Å²) >= 11 is 0. The SMILES string of the molecule is O=[N+]([O-])c1ccc(C(CP(=O)(c2ccccc2)c2ccccc2)P(=O)(c2ccccc2)c2ccccc2)cc1. The Hall–Kier alpha value is -4.04. The Morgan fingerprint density at radius 3 is 1.26 bits per heavy atom. The lowest BCUT2D eigenvalue weighted by atomic mass is 10.1. The minimum atomic E-state index is -3.47. The van der Waals surface area contributed by atoms with E-state index in [0.29, 0.717) is 26.8 Å². The molecule has 39 heavy (non-hydrogen) atoms. The molecule has 1 atom stereocenters. The lowest BCUT2D eigenvalue weighted by Crippen LogP contribution is -2.27. The summed E-state index contributed by atoms with van der Waals surface area (Å²) in [6, 6.07) is 43.4. The fraction of sp³-hybridized carbons (Fsp3) is 0.0625. The first kappa shape index (κ1) is 26.6. The van der Waals surface area contributed by atoms with Crippen molar-refractivity contribution in [3.8, 4) is 0 Å². The smallest absolute Gasteiger partial charge is 0.269 e. The summed E-state index contributed by atoms with van der Waals surface area (Å²) in [5.41, 5.74) is -0.126. The number of rotatable bonds is 9. The van der Waals surface area contributed by atoms with Gasteiger partial charge in [-0.2, -0.15) is 0 Å². The van der Waals surface area contributed by atoms with Crippen LogP contribution in [0.25, 0.3) is 0 Å². The van der Waals surface area contributed by atoms with Crippen molar-refractivity contribution in [2.24, 2.45) is 0 Å². The van der Waals surface area contributed by atoms with Gasteiger partial charge < -0.3 is 9.13 Å². The Balaban J connectivity index is 1.78. The van der Waals surface area contributed by atoms with Crippen molar-refractivity contribution >= 4 is 41.2 Å². The number of non-ortho nitro benzene ring substituents is 1. The first-order valence-corrected chi connectivity index (χ1v) is 16.3. The monoisotopic (exact) mass is 551 g/mol. The van der Waals surface area contributed by atoms with Crippen molar-refractivity contribution < 1.29 is 14.1 Å². The highest BCUT2D eigenvalue weighted by Gasteiger charge is 2.43. The normalized spacial score (nSPS) is 12.5. The van der Waals surface area contributed by atoms with E-state index in [1.165, 1.54) is 12.1 Å². The Bertz CT molecular complexity index is 1560. The van der Waals surface area contributed by atoms with Crippen molar-refractivity contribution in [3.63, 3.8) is 0 Å². The second kappa shape index (κ2) is 11.4. The summed E-state index contributed by atoms with van der Waals surface area (Å²) in [4.78, 5) is 11.0. The molecule has 0 radical (unpaired) electrons. The van der Waals surface area contributed by atoms with Crippen LogP contribution in [0, 0.1) is 10.1 Å². The zero-order valence-corrected chi connectivity index (χ0v) is 22.9. The third-order valence-electron chi connectivity index (χ3n) is 6.98. The molecular weight excluding hydrogens is 524 g/mol. The summed E-state index contributed by atoms with van der Waals surface area (Å²) < 4.78 is 30.9. The van der Waals surface area contributed by atoms with Gasteiger partial charge in [-0.15, -0.1) is 0 Å². The second-order valence-corrected chi connectivity index (χ2v) is 15.1. The molecule has 194 valence electrons. The van der Waals surface area contributed by atoms with Gasteiger partial charge in [0.25, 0.3) is 5.69 Å². The van der Waals surface area contributed by atoms with Crippen LogP contribution in [0.4, 0.5) is 5.69 Å². The van der Waals surface area contributed by atoms with Crippen LogP contribution in [0.2, 0.25) is 0 Å². The minimum Gasteiger partial charge on any atom is -0.314 e. The molecule has 1 unspecified atom stereocenters. The molecule has 0 spiro atoms. The zero-order valence-electron chi connectivity index (χ0n) is 21.1. The van der Waals surface area contributed by atoms with Crippen molar-refractivity contribution in [1.29, 1.82) is 0 Å². The van der Waals surface area contributed by atoms with E-state index in [1.807, 2.05) is 121 Å². The van der Waals surface area contributed by atoms with Gasteiger partial charge in [-0.3, -0.25) is 10.1 Å². The maximum atomic E-state index is 15.6. The van der Waals surface area contributed by atoms with Gasteiger partial charge in [0.2, 0.25) is 0 Å². The van der Waals surface area contributed by atoms with Gasteiger partial charge in [0.1, 0.15) is 7.14 Å². The molecule has 0 amide bonds. The van der Waals surface area contributed by atoms with Gasteiger partial charge in [-0.25, -0.2) is 0 Å². The average Bonchev–Trinajstić information content (AvgIpc) is 3.01. The van der Waals surface area contributed by atoms with Gasteiger partial charge in [-0.1, -0.05) is 133 Å². The quantitative estimate of drug-likeness (QED) is 0.117. The van der Waals surface area contributed by atoms with Gasteiger partial charge in [0, 0.05) is 39.5 Å². The lowest BCUT2D eigenvalue weighted by Gasteiger charge is -2.32. The number of hydrogen-bond donors (Lipinski definition) is 0. The molecule has 0 saturated heterocycles. The molecule has 5 aromatic rings. The molecule has 0 fully saturated rings. The van der Waals surface area contributed by atoms with Gasteiger partial charge >= 0.3 is 0 Å². The van der Waals surface area contributed by atoms with Gasteiger partial charge in [0.05, 0.1) is 10.6 Å². The van der Waals surface area contributed by atoms with Crippen LogP contribution < -0.4 is 21.2 Å². The molecule has 0 N–H and O–H groups in total.